The van der Waals surface area contributed by atoms with Gasteiger partial charge in [0.25, 0.3) is 5.91 Å². The Morgan fingerprint density at radius 1 is 1.50 bits per heavy atom. The van der Waals surface area contributed by atoms with Gasteiger partial charge in [0.1, 0.15) is 5.82 Å². The molecule has 1 amide bonds. The van der Waals surface area contributed by atoms with Crippen LogP contribution in [0.15, 0.2) is 12.1 Å². The first-order chi connectivity index (χ1) is 8.47. The fraction of sp³-hybridized carbons (Fsp3) is 0.417. The Morgan fingerprint density at radius 3 is 2.72 bits per heavy atom. The van der Waals surface area contributed by atoms with Crippen molar-refractivity contribution in [2.24, 2.45) is 5.73 Å². The summed E-state index contributed by atoms with van der Waals surface area (Å²) in [6.07, 6.45) is 0.753. The number of amides is 1. The van der Waals surface area contributed by atoms with Gasteiger partial charge in [0, 0.05) is 33.0 Å². The van der Waals surface area contributed by atoms with Gasteiger partial charge in [-0.05, 0) is 18.6 Å². The summed E-state index contributed by atoms with van der Waals surface area (Å²) in [5, 5.41) is 0. The van der Waals surface area contributed by atoms with Gasteiger partial charge in [-0.1, -0.05) is 0 Å². The molecule has 4 N–H and O–H groups in total. The van der Waals surface area contributed by atoms with E-state index < -0.39 is 11.7 Å². The number of methoxy groups -OCH3 is 1. The maximum absolute atomic E-state index is 13.7. The molecule has 1 aromatic rings. The van der Waals surface area contributed by atoms with Crippen LogP contribution in [0.25, 0.3) is 0 Å². The quantitative estimate of drug-likeness (QED) is 0.586. The van der Waals surface area contributed by atoms with Gasteiger partial charge in [0.15, 0.2) is 0 Å². The van der Waals surface area contributed by atoms with Crippen LogP contribution in [0.2, 0.25) is 0 Å². The van der Waals surface area contributed by atoms with Crippen LogP contribution in [0.4, 0.5) is 15.8 Å². The van der Waals surface area contributed by atoms with Crippen molar-refractivity contribution in [3.05, 3.63) is 23.5 Å². The number of hydrogen-bond donors (Lipinski definition) is 2. The fourth-order valence-corrected chi connectivity index (χ4v) is 1.65. The average molecular weight is 255 g/mol. The number of nitrogen functional groups attached to an aromatic ring is 1. The van der Waals surface area contributed by atoms with Gasteiger partial charge in [-0.2, -0.15) is 0 Å². The molecule has 1 aromatic carbocycles. The highest BCUT2D eigenvalue weighted by Gasteiger charge is 2.14. The average Bonchev–Trinajstić information content (AvgIpc) is 2.28. The molecule has 18 heavy (non-hydrogen) atoms. The summed E-state index contributed by atoms with van der Waals surface area (Å²) < 4.78 is 18.7. The summed E-state index contributed by atoms with van der Waals surface area (Å²) in [7, 11) is 3.34. The minimum atomic E-state index is -0.668. The lowest BCUT2D eigenvalue weighted by Crippen LogP contribution is -2.22. The number of nitrogens with zero attached hydrogens (tertiary/aromatic N) is 1. The molecule has 0 spiro atoms. The van der Waals surface area contributed by atoms with Crippen molar-refractivity contribution in [2.45, 2.75) is 6.42 Å². The van der Waals surface area contributed by atoms with Gasteiger partial charge in [0.05, 0.1) is 11.3 Å². The number of halogens is 1. The molecule has 0 aromatic heterocycles. The number of anilines is 2. The molecular formula is C12H18FN3O2. The highest BCUT2D eigenvalue weighted by atomic mass is 19.1. The van der Waals surface area contributed by atoms with Gasteiger partial charge in [0.2, 0.25) is 0 Å². The third kappa shape index (κ3) is 3.33. The highest BCUT2D eigenvalue weighted by Crippen LogP contribution is 2.24. The second kappa shape index (κ2) is 6.20. The molecule has 100 valence electrons. The van der Waals surface area contributed by atoms with Crippen molar-refractivity contribution in [1.29, 1.82) is 0 Å². The fourth-order valence-electron chi connectivity index (χ4n) is 1.65. The Kier molecular flexibility index (Phi) is 4.91. The minimum absolute atomic E-state index is 0.0500. The number of primary amides is 1. The lowest BCUT2D eigenvalue weighted by atomic mass is 10.1. The van der Waals surface area contributed by atoms with E-state index >= 15 is 0 Å². The molecule has 0 fully saturated rings. The summed E-state index contributed by atoms with van der Waals surface area (Å²) >= 11 is 0. The van der Waals surface area contributed by atoms with E-state index in [9.17, 15) is 9.18 Å². The lowest BCUT2D eigenvalue weighted by Gasteiger charge is -2.20. The molecule has 0 bridgehead atoms. The molecule has 0 aliphatic rings. The SMILES string of the molecule is COCCCN(C)c1cc(C(N)=O)c(N)cc1F. The van der Waals surface area contributed by atoms with E-state index in [2.05, 4.69) is 0 Å². The molecule has 0 atom stereocenters. The first kappa shape index (κ1) is 14.2. The molecule has 0 aliphatic heterocycles. The van der Waals surface area contributed by atoms with Crippen molar-refractivity contribution in [1.82, 2.24) is 0 Å². The van der Waals surface area contributed by atoms with E-state index in [-0.39, 0.29) is 11.3 Å². The molecule has 0 saturated carbocycles. The third-order valence-corrected chi connectivity index (χ3v) is 2.64. The van der Waals surface area contributed by atoms with E-state index in [0.29, 0.717) is 18.8 Å². The number of hydrogen-bond acceptors (Lipinski definition) is 4. The van der Waals surface area contributed by atoms with Crippen LogP contribution in [-0.2, 0) is 4.74 Å². The standard InChI is InChI=1S/C12H18FN3O2/c1-16(4-3-5-18-2)11-6-8(12(15)17)10(14)7-9(11)13/h6-7H,3-5,14H2,1-2H3,(H2,15,17). The van der Waals surface area contributed by atoms with Gasteiger partial charge in [-0.25, -0.2) is 4.39 Å². The van der Waals surface area contributed by atoms with Crippen LogP contribution in [-0.4, -0.2) is 33.2 Å². The normalized spacial score (nSPS) is 10.4. The second-order valence-electron chi connectivity index (χ2n) is 4.02. The van der Waals surface area contributed by atoms with Crippen molar-refractivity contribution in [3.8, 4) is 0 Å². The topological polar surface area (TPSA) is 81.6 Å². The summed E-state index contributed by atoms with van der Waals surface area (Å²) in [6, 6.07) is 2.49. The van der Waals surface area contributed by atoms with Gasteiger partial charge >= 0.3 is 0 Å². The van der Waals surface area contributed by atoms with Crippen LogP contribution < -0.4 is 16.4 Å². The van der Waals surface area contributed by atoms with Crippen LogP contribution in [0.5, 0.6) is 0 Å². The number of carbonyl (C=O) groups is 1. The highest BCUT2D eigenvalue weighted by molar-refractivity contribution is 5.99. The number of nitrogens with two attached hydrogens (primary N) is 2. The van der Waals surface area contributed by atoms with Crippen molar-refractivity contribution in [3.63, 3.8) is 0 Å². The Balaban J connectivity index is 2.93. The summed E-state index contributed by atoms with van der Waals surface area (Å²) in [5.41, 5.74) is 11.2. The Labute approximate surface area is 106 Å². The number of ether oxygens (including phenoxy) is 1. The monoisotopic (exact) mass is 255 g/mol. The first-order valence-electron chi connectivity index (χ1n) is 5.56. The van der Waals surface area contributed by atoms with Crippen LogP contribution in [0.1, 0.15) is 16.8 Å². The lowest BCUT2D eigenvalue weighted by molar-refractivity contribution is 0.100. The van der Waals surface area contributed by atoms with Gasteiger partial charge < -0.3 is 21.1 Å². The molecular weight excluding hydrogens is 237 g/mol. The predicted molar refractivity (Wildman–Crippen MR) is 69.1 cm³/mol. The van der Waals surface area contributed by atoms with E-state index in [1.54, 1.807) is 19.1 Å². The number of benzene rings is 1. The zero-order chi connectivity index (χ0) is 13.7. The van der Waals surface area contributed by atoms with Crippen LogP contribution in [0, 0.1) is 5.82 Å². The minimum Gasteiger partial charge on any atom is -0.398 e. The zero-order valence-electron chi connectivity index (χ0n) is 10.6. The van der Waals surface area contributed by atoms with Crippen molar-refractivity contribution >= 4 is 17.3 Å². The van der Waals surface area contributed by atoms with Crippen molar-refractivity contribution < 1.29 is 13.9 Å². The molecule has 0 heterocycles. The molecule has 5 nitrogen and oxygen atoms in total. The molecule has 0 unspecified atom stereocenters. The predicted octanol–water partition coefficient (Wildman–Crippen LogP) is 0.980. The van der Waals surface area contributed by atoms with Gasteiger partial charge in [-0.3, -0.25) is 4.79 Å². The zero-order valence-corrected chi connectivity index (χ0v) is 10.6. The molecule has 0 saturated heterocycles. The summed E-state index contributed by atoms with van der Waals surface area (Å²) in [4.78, 5) is 12.8. The summed E-state index contributed by atoms with van der Waals surface area (Å²) in [6.45, 7) is 1.19. The molecule has 6 heteroatoms. The van der Waals surface area contributed by atoms with E-state index in [1.807, 2.05) is 0 Å². The maximum atomic E-state index is 13.7. The first-order valence-corrected chi connectivity index (χ1v) is 5.56. The largest absolute Gasteiger partial charge is 0.398 e. The van der Waals surface area contributed by atoms with E-state index in [0.717, 1.165) is 12.5 Å². The second-order valence-corrected chi connectivity index (χ2v) is 4.02. The number of rotatable bonds is 6. The Bertz CT molecular complexity index is 438. The van der Waals surface area contributed by atoms with Crippen LogP contribution >= 0.6 is 0 Å². The third-order valence-electron chi connectivity index (χ3n) is 2.64. The van der Waals surface area contributed by atoms with E-state index in [1.165, 1.54) is 6.07 Å². The molecule has 0 aliphatic carbocycles. The maximum Gasteiger partial charge on any atom is 0.250 e. The number of carbonyl (C=O) groups excluding carboxylic acids is 1. The molecule has 1 rings (SSSR count). The van der Waals surface area contributed by atoms with Crippen molar-refractivity contribution in [2.75, 3.05) is 37.9 Å². The Morgan fingerprint density at radius 2 is 2.17 bits per heavy atom. The molecule has 0 radical (unpaired) electrons. The van der Waals surface area contributed by atoms with Gasteiger partial charge in [-0.15, -0.1) is 0 Å². The summed E-state index contributed by atoms with van der Waals surface area (Å²) in [5.74, 6) is -1.14. The smallest absolute Gasteiger partial charge is 0.250 e. The Hall–Kier alpha value is -1.82. The van der Waals surface area contributed by atoms with Crippen LogP contribution in [0.3, 0.4) is 0 Å². The van der Waals surface area contributed by atoms with E-state index in [4.69, 9.17) is 16.2 Å².